The minimum atomic E-state index is -0.937. The molecule has 0 aromatic heterocycles. The summed E-state index contributed by atoms with van der Waals surface area (Å²) in [5.41, 5.74) is -0.286. The molecule has 1 amide bonds. The predicted octanol–water partition coefficient (Wildman–Crippen LogP) is 1.81. The van der Waals surface area contributed by atoms with E-state index in [2.05, 4.69) is 26.6 Å². The maximum atomic E-state index is 13.1. The molecule has 0 saturated carbocycles. The fraction of sp³-hybridized carbons (Fsp3) is 0.200. The van der Waals surface area contributed by atoms with Gasteiger partial charge >= 0.3 is 0 Å². The molecule has 0 bridgehead atoms. The standard InChI is InChI=1S/C10H8BrFN2OS/c1-10(8(15)13-9(16)14-10)5-2-3-7(12)6(11)4-5/h2-4H,1H3,(H2,13,14,15,16). The Morgan fingerprint density at radius 3 is 2.69 bits per heavy atom. The first-order valence-corrected chi connectivity index (χ1v) is 5.73. The number of rotatable bonds is 1. The van der Waals surface area contributed by atoms with Gasteiger partial charge in [0.05, 0.1) is 4.47 Å². The predicted molar refractivity (Wildman–Crippen MR) is 65.3 cm³/mol. The summed E-state index contributed by atoms with van der Waals surface area (Å²) in [6, 6.07) is 4.43. The zero-order valence-corrected chi connectivity index (χ0v) is 10.7. The fourth-order valence-corrected chi connectivity index (χ4v) is 2.23. The second-order valence-electron chi connectivity index (χ2n) is 3.66. The van der Waals surface area contributed by atoms with E-state index in [4.69, 9.17) is 12.2 Å². The third-order valence-corrected chi connectivity index (χ3v) is 3.35. The third-order valence-electron chi connectivity index (χ3n) is 2.54. The van der Waals surface area contributed by atoms with Crippen LogP contribution < -0.4 is 10.6 Å². The van der Waals surface area contributed by atoms with E-state index in [0.717, 1.165) is 0 Å². The molecule has 6 heteroatoms. The van der Waals surface area contributed by atoms with Crippen LogP contribution in [0, 0.1) is 5.82 Å². The van der Waals surface area contributed by atoms with E-state index >= 15 is 0 Å². The van der Waals surface area contributed by atoms with Gasteiger partial charge in [0.25, 0.3) is 5.91 Å². The van der Waals surface area contributed by atoms with Gasteiger partial charge in [-0.15, -0.1) is 0 Å². The Morgan fingerprint density at radius 2 is 2.19 bits per heavy atom. The highest BCUT2D eigenvalue weighted by Gasteiger charge is 2.41. The summed E-state index contributed by atoms with van der Waals surface area (Å²) < 4.78 is 13.4. The SMILES string of the molecule is CC1(c2ccc(F)c(Br)c2)NC(=S)NC1=O. The van der Waals surface area contributed by atoms with E-state index in [0.29, 0.717) is 10.0 Å². The van der Waals surface area contributed by atoms with E-state index in [1.807, 2.05) is 0 Å². The van der Waals surface area contributed by atoms with Crippen LogP contribution in [0.1, 0.15) is 12.5 Å². The van der Waals surface area contributed by atoms with Gasteiger partial charge in [0.2, 0.25) is 0 Å². The Labute approximate surface area is 106 Å². The first-order valence-electron chi connectivity index (χ1n) is 4.52. The Balaban J connectivity index is 2.47. The highest BCUT2D eigenvalue weighted by Crippen LogP contribution is 2.27. The lowest BCUT2D eigenvalue weighted by Crippen LogP contribution is -2.40. The maximum Gasteiger partial charge on any atom is 0.256 e. The zero-order chi connectivity index (χ0) is 11.9. The van der Waals surface area contributed by atoms with E-state index in [9.17, 15) is 9.18 Å². The zero-order valence-electron chi connectivity index (χ0n) is 8.30. The Morgan fingerprint density at radius 1 is 1.50 bits per heavy atom. The van der Waals surface area contributed by atoms with Gasteiger partial charge in [0.15, 0.2) is 5.11 Å². The smallest absolute Gasteiger partial charge is 0.256 e. The van der Waals surface area contributed by atoms with E-state index < -0.39 is 5.54 Å². The summed E-state index contributed by atoms with van der Waals surface area (Å²) in [6.07, 6.45) is 0. The van der Waals surface area contributed by atoms with Crippen molar-refractivity contribution in [3.63, 3.8) is 0 Å². The second-order valence-corrected chi connectivity index (χ2v) is 4.92. The summed E-state index contributed by atoms with van der Waals surface area (Å²) >= 11 is 7.96. The van der Waals surface area contributed by atoms with Crippen molar-refractivity contribution in [3.8, 4) is 0 Å². The van der Waals surface area contributed by atoms with Crippen LogP contribution in [0.4, 0.5) is 4.39 Å². The number of carbonyl (C=O) groups excluding carboxylic acids is 1. The lowest BCUT2D eigenvalue weighted by atomic mass is 9.92. The summed E-state index contributed by atoms with van der Waals surface area (Å²) in [5, 5.41) is 5.67. The quantitative estimate of drug-likeness (QED) is 0.778. The van der Waals surface area contributed by atoms with Gasteiger partial charge in [0, 0.05) is 0 Å². The van der Waals surface area contributed by atoms with Crippen LogP contribution in [0.3, 0.4) is 0 Å². The lowest BCUT2D eigenvalue weighted by molar-refractivity contribution is -0.123. The molecule has 1 aliphatic heterocycles. The molecule has 1 saturated heterocycles. The van der Waals surface area contributed by atoms with Crippen molar-refractivity contribution in [2.75, 3.05) is 0 Å². The topological polar surface area (TPSA) is 41.1 Å². The molecule has 1 unspecified atom stereocenters. The molecule has 0 aliphatic carbocycles. The van der Waals surface area contributed by atoms with Crippen molar-refractivity contribution in [1.82, 2.24) is 10.6 Å². The first kappa shape index (κ1) is 11.5. The van der Waals surface area contributed by atoms with Crippen molar-refractivity contribution >= 4 is 39.2 Å². The average molecular weight is 303 g/mol. The van der Waals surface area contributed by atoms with Gasteiger partial charge in [-0.25, -0.2) is 4.39 Å². The minimum Gasteiger partial charge on any atom is -0.345 e. The molecule has 2 N–H and O–H groups in total. The van der Waals surface area contributed by atoms with Gasteiger partial charge < -0.3 is 10.6 Å². The number of hydrogen-bond donors (Lipinski definition) is 2. The van der Waals surface area contributed by atoms with Crippen LogP contribution in [0.2, 0.25) is 0 Å². The molecule has 16 heavy (non-hydrogen) atoms. The first-order chi connectivity index (χ1) is 7.43. The number of benzene rings is 1. The van der Waals surface area contributed by atoms with Crippen LogP contribution >= 0.6 is 28.1 Å². The molecule has 0 radical (unpaired) electrons. The van der Waals surface area contributed by atoms with Gasteiger partial charge in [-0.2, -0.15) is 0 Å². The molecular weight excluding hydrogens is 295 g/mol. The lowest BCUT2D eigenvalue weighted by Gasteiger charge is -2.21. The number of halogens is 2. The monoisotopic (exact) mass is 302 g/mol. The molecule has 3 nitrogen and oxygen atoms in total. The van der Waals surface area contributed by atoms with E-state index in [1.54, 1.807) is 19.1 Å². The molecule has 1 aliphatic rings. The van der Waals surface area contributed by atoms with Crippen LogP contribution in [-0.2, 0) is 10.3 Å². The van der Waals surface area contributed by atoms with Crippen molar-refractivity contribution in [1.29, 1.82) is 0 Å². The van der Waals surface area contributed by atoms with E-state index in [-0.39, 0.29) is 16.8 Å². The van der Waals surface area contributed by atoms with Crippen LogP contribution in [0.5, 0.6) is 0 Å². The largest absolute Gasteiger partial charge is 0.345 e. The number of hydrogen-bond acceptors (Lipinski definition) is 2. The van der Waals surface area contributed by atoms with Gasteiger partial charge in [-0.1, -0.05) is 6.07 Å². The fourth-order valence-electron chi connectivity index (χ4n) is 1.55. The van der Waals surface area contributed by atoms with Crippen LogP contribution in [-0.4, -0.2) is 11.0 Å². The number of nitrogens with one attached hydrogen (secondary N) is 2. The second kappa shape index (κ2) is 3.78. The average Bonchev–Trinajstić information content (AvgIpc) is 2.46. The normalized spacial score (nSPS) is 24.2. The Hall–Kier alpha value is -1.01. The van der Waals surface area contributed by atoms with Crippen molar-refractivity contribution in [2.24, 2.45) is 0 Å². The molecule has 1 fully saturated rings. The highest BCUT2D eigenvalue weighted by molar-refractivity contribution is 9.10. The highest BCUT2D eigenvalue weighted by atomic mass is 79.9. The molecule has 1 atom stereocenters. The van der Waals surface area contributed by atoms with Gasteiger partial charge in [0.1, 0.15) is 11.4 Å². The summed E-state index contributed by atoms with van der Waals surface area (Å²) in [5.74, 6) is -0.607. The van der Waals surface area contributed by atoms with Crippen molar-refractivity contribution in [2.45, 2.75) is 12.5 Å². The Kier molecular flexibility index (Phi) is 2.71. The Bertz CT molecular complexity index is 494. The summed E-state index contributed by atoms with van der Waals surface area (Å²) in [7, 11) is 0. The van der Waals surface area contributed by atoms with E-state index in [1.165, 1.54) is 6.07 Å². The molecule has 1 heterocycles. The van der Waals surface area contributed by atoms with Crippen LogP contribution in [0.15, 0.2) is 22.7 Å². The third kappa shape index (κ3) is 1.72. The van der Waals surface area contributed by atoms with Crippen molar-refractivity contribution < 1.29 is 9.18 Å². The van der Waals surface area contributed by atoms with Gasteiger partial charge in [-0.05, 0) is 52.8 Å². The number of amides is 1. The molecule has 2 rings (SSSR count). The minimum absolute atomic E-state index is 0.240. The van der Waals surface area contributed by atoms with Crippen molar-refractivity contribution in [3.05, 3.63) is 34.1 Å². The summed E-state index contributed by atoms with van der Waals surface area (Å²) in [4.78, 5) is 11.7. The maximum absolute atomic E-state index is 13.1. The molecule has 84 valence electrons. The van der Waals surface area contributed by atoms with Crippen LogP contribution in [0.25, 0.3) is 0 Å². The molecule has 1 aromatic carbocycles. The summed E-state index contributed by atoms with van der Waals surface area (Å²) in [6.45, 7) is 1.70. The van der Waals surface area contributed by atoms with Gasteiger partial charge in [-0.3, -0.25) is 4.79 Å². The molecule has 0 spiro atoms. The number of thiocarbonyl (C=S) groups is 1. The molecule has 1 aromatic rings. The molecular formula is C10H8BrFN2OS. The number of carbonyl (C=O) groups is 1.